The van der Waals surface area contributed by atoms with E-state index in [0.717, 1.165) is 16.8 Å². The maximum Gasteiger partial charge on any atom is 0.325 e. The van der Waals surface area contributed by atoms with E-state index in [1.165, 1.54) is 18.2 Å². The molecular formula is C21H17FN2O4. The zero-order chi connectivity index (χ0) is 19.9. The van der Waals surface area contributed by atoms with Crippen LogP contribution in [0.1, 0.15) is 10.4 Å². The van der Waals surface area contributed by atoms with Crippen LogP contribution >= 0.6 is 0 Å². The molecule has 0 saturated heterocycles. The minimum Gasteiger partial charge on any atom is -0.454 e. The minimum atomic E-state index is -0.779. The molecule has 142 valence electrons. The Morgan fingerprint density at radius 3 is 2.46 bits per heavy atom. The summed E-state index contributed by atoms with van der Waals surface area (Å²) in [6.07, 6.45) is 0. The van der Waals surface area contributed by atoms with Crippen molar-refractivity contribution >= 4 is 34.2 Å². The lowest BCUT2D eigenvalue weighted by Gasteiger charge is -2.08. The molecule has 0 aromatic heterocycles. The molecule has 3 rings (SSSR count). The van der Waals surface area contributed by atoms with Crippen molar-refractivity contribution < 1.29 is 23.5 Å². The molecule has 0 heterocycles. The number of carbonyl (C=O) groups is 3. The van der Waals surface area contributed by atoms with Crippen LogP contribution in [-0.4, -0.2) is 30.9 Å². The van der Waals surface area contributed by atoms with E-state index in [4.69, 9.17) is 4.74 Å². The first-order valence-corrected chi connectivity index (χ1v) is 8.49. The van der Waals surface area contributed by atoms with Crippen molar-refractivity contribution in [1.82, 2.24) is 5.32 Å². The molecule has 0 unspecified atom stereocenters. The monoisotopic (exact) mass is 380 g/mol. The van der Waals surface area contributed by atoms with Crippen LogP contribution in [0.4, 0.5) is 10.1 Å². The predicted molar refractivity (Wildman–Crippen MR) is 102 cm³/mol. The van der Waals surface area contributed by atoms with Gasteiger partial charge in [0.15, 0.2) is 6.61 Å². The number of halogens is 1. The minimum absolute atomic E-state index is 0.0850. The Bertz CT molecular complexity index is 1040. The number of carbonyl (C=O) groups excluding carboxylic acids is 3. The molecule has 0 aliphatic heterocycles. The van der Waals surface area contributed by atoms with Crippen molar-refractivity contribution in [3.63, 3.8) is 0 Å². The van der Waals surface area contributed by atoms with E-state index in [-0.39, 0.29) is 5.56 Å². The molecule has 0 atom stereocenters. The van der Waals surface area contributed by atoms with Crippen molar-refractivity contribution in [1.29, 1.82) is 0 Å². The molecule has 6 nitrogen and oxygen atoms in total. The number of fused-ring (bicyclic) bond motifs is 1. The van der Waals surface area contributed by atoms with Crippen LogP contribution in [0.5, 0.6) is 0 Å². The second-order valence-electron chi connectivity index (χ2n) is 5.96. The summed E-state index contributed by atoms with van der Waals surface area (Å²) in [4.78, 5) is 35.4. The smallest absolute Gasteiger partial charge is 0.325 e. The molecule has 2 amide bonds. The van der Waals surface area contributed by atoms with E-state index in [2.05, 4.69) is 10.6 Å². The lowest BCUT2D eigenvalue weighted by molar-refractivity contribution is -0.146. The molecule has 2 N–H and O–H groups in total. The van der Waals surface area contributed by atoms with Gasteiger partial charge in [-0.25, -0.2) is 4.39 Å². The van der Waals surface area contributed by atoms with E-state index >= 15 is 0 Å². The van der Waals surface area contributed by atoms with Gasteiger partial charge in [-0.05, 0) is 41.1 Å². The number of amides is 2. The van der Waals surface area contributed by atoms with Gasteiger partial charge in [-0.2, -0.15) is 0 Å². The molecule has 0 aliphatic rings. The summed E-state index contributed by atoms with van der Waals surface area (Å²) < 4.78 is 17.9. The van der Waals surface area contributed by atoms with Crippen LogP contribution in [0.3, 0.4) is 0 Å². The molecule has 0 aliphatic carbocycles. The third kappa shape index (κ3) is 5.14. The first-order chi connectivity index (χ1) is 13.5. The summed E-state index contributed by atoms with van der Waals surface area (Å²) in [7, 11) is 0. The lowest BCUT2D eigenvalue weighted by Crippen LogP contribution is -2.32. The quantitative estimate of drug-likeness (QED) is 0.644. The number of rotatable bonds is 6. The summed E-state index contributed by atoms with van der Waals surface area (Å²) in [5, 5.41) is 6.96. The fourth-order valence-electron chi connectivity index (χ4n) is 2.55. The highest BCUT2D eigenvalue weighted by atomic mass is 19.1. The molecule has 0 saturated carbocycles. The van der Waals surface area contributed by atoms with Crippen LogP contribution in [0.25, 0.3) is 10.8 Å². The Hall–Kier alpha value is -3.74. The first-order valence-electron chi connectivity index (χ1n) is 8.49. The van der Waals surface area contributed by atoms with Gasteiger partial charge >= 0.3 is 5.97 Å². The molecule has 0 spiro atoms. The largest absolute Gasteiger partial charge is 0.454 e. The third-order valence-corrected chi connectivity index (χ3v) is 3.88. The predicted octanol–water partition coefficient (Wildman–Crippen LogP) is 2.89. The number of hydrogen-bond donors (Lipinski definition) is 2. The maximum atomic E-state index is 13.1. The third-order valence-electron chi connectivity index (χ3n) is 3.88. The standard InChI is InChI=1S/C21H17FN2O4/c22-17-7-3-6-16(10-17)21(27)23-12-20(26)28-13-19(25)24-18-9-8-14-4-1-2-5-15(14)11-18/h1-11H,12-13H2,(H,23,27)(H,24,25). The molecule has 28 heavy (non-hydrogen) atoms. The topological polar surface area (TPSA) is 84.5 Å². The first kappa shape index (κ1) is 19.0. The van der Waals surface area contributed by atoms with E-state index in [1.54, 1.807) is 6.07 Å². The van der Waals surface area contributed by atoms with Crippen molar-refractivity contribution in [3.8, 4) is 0 Å². The SMILES string of the molecule is O=C(COC(=O)CNC(=O)c1cccc(F)c1)Nc1ccc2ccccc2c1. The van der Waals surface area contributed by atoms with E-state index in [1.807, 2.05) is 36.4 Å². The number of hydrogen-bond acceptors (Lipinski definition) is 4. The Labute approximate surface area is 160 Å². The van der Waals surface area contributed by atoms with Gasteiger partial charge in [-0.3, -0.25) is 14.4 Å². The van der Waals surface area contributed by atoms with E-state index in [0.29, 0.717) is 5.69 Å². The average Bonchev–Trinajstić information content (AvgIpc) is 2.70. The molecular weight excluding hydrogens is 363 g/mol. The summed E-state index contributed by atoms with van der Waals surface area (Å²) >= 11 is 0. The molecule has 7 heteroatoms. The van der Waals surface area contributed by atoms with Gasteiger partial charge in [0.25, 0.3) is 11.8 Å². The van der Waals surface area contributed by atoms with Crippen LogP contribution in [-0.2, 0) is 14.3 Å². The van der Waals surface area contributed by atoms with Gasteiger partial charge in [-0.1, -0.05) is 36.4 Å². The zero-order valence-electron chi connectivity index (χ0n) is 14.8. The number of anilines is 1. The Morgan fingerprint density at radius 2 is 1.68 bits per heavy atom. The van der Waals surface area contributed by atoms with Gasteiger partial charge in [0.1, 0.15) is 12.4 Å². The maximum absolute atomic E-state index is 13.1. The van der Waals surface area contributed by atoms with Crippen LogP contribution < -0.4 is 10.6 Å². The molecule has 0 bridgehead atoms. The highest BCUT2D eigenvalue weighted by molar-refractivity contribution is 5.97. The zero-order valence-corrected chi connectivity index (χ0v) is 14.8. The van der Waals surface area contributed by atoms with E-state index in [9.17, 15) is 18.8 Å². The van der Waals surface area contributed by atoms with Gasteiger partial charge in [0.2, 0.25) is 0 Å². The summed E-state index contributed by atoms with van der Waals surface area (Å²) in [5.41, 5.74) is 0.668. The lowest BCUT2D eigenvalue weighted by atomic mass is 10.1. The van der Waals surface area contributed by atoms with Gasteiger partial charge in [-0.15, -0.1) is 0 Å². The second-order valence-corrected chi connectivity index (χ2v) is 5.96. The van der Waals surface area contributed by atoms with E-state index < -0.39 is 36.8 Å². The number of ether oxygens (including phenoxy) is 1. The normalized spacial score (nSPS) is 10.3. The van der Waals surface area contributed by atoms with Crippen LogP contribution in [0, 0.1) is 5.82 Å². The molecule has 3 aromatic rings. The summed E-state index contributed by atoms with van der Waals surface area (Å²) in [6.45, 7) is -0.917. The van der Waals surface area contributed by atoms with Gasteiger partial charge < -0.3 is 15.4 Å². The van der Waals surface area contributed by atoms with Crippen molar-refractivity contribution in [2.45, 2.75) is 0 Å². The summed E-state index contributed by atoms with van der Waals surface area (Å²) in [5.74, 6) is -2.45. The second kappa shape index (κ2) is 8.77. The average molecular weight is 380 g/mol. The highest BCUT2D eigenvalue weighted by Crippen LogP contribution is 2.18. The Balaban J connectivity index is 1.44. The molecule has 0 radical (unpaired) electrons. The fraction of sp³-hybridized carbons (Fsp3) is 0.0952. The van der Waals surface area contributed by atoms with Gasteiger partial charge in [0, 0.05) is 11.3 Å². The van der Waals surface area contributed by atoms with Crippen LogP contribution in [0.15, 0.2) is 66.7 Å². The molecule has 3 aromatic carbocycles. The van der Waals surface area contributed by atoms with Gasteiger partial charge in [0.05, 0.1) is 0 Å². The highest BCUT2D eigenvalue weighted by Gasteiger charge is 2.11. The number of benzene rings is 3. The Kier molecular flexibility index (Phi) is 5.96. The van der Waals surface area contributed by atoms with Crippen molar-refractivity contribution in [3.05, 3.63) is 78.1 Å². The van der Waals surface area contributed by atoms with Crippen molar-refractivity contribution in [2.75, 3.05) is 18.5 Å². The number of esters is 1. The fourth-order valence-corrected chi connectivity index (χ4v) is 2.55. The molecule has 0 fully saturated rings. The van der Waals surface area contributed by atoms with Crippen LogP contribution in [0.2, 0.25) is 0 Å². The number of nitrogens with one attached hydrogen (secondary N) is 2. The van der Waals surface area contributed by atoms with Crippen molar-refractivity contribution in [2.24, 2.45) is 0 Å². The summed E-state index contributed by atoms with van der Waals surface area (Å²) in [6, 6.07) is 18.2. The Morgan fingerprint density at radius 1 is 0.893 bits per heavy atom.